The summed E-state index contributed by atoms with van der Waals surface area (Å²) in [6.07, 6.45) is 2.96. The summed E-state index contributed by atoms with van der Waals surface area (Å²) in [7, 11) is -3.46. The highest BCUT2D eigenvalue weighted by Crippen LogP contribution is 2.22. The number of hydrogen-bond acceptors (Lipinski definition) is 5. The van der Waals surface area contributed by atoms with Gasteiger partial charge in [-0.1, -0.05) is 36.4 Å². The van der Waals surface area contributed by atoms with Gasteiger partial charge in [-0.25, -0.2) is 13.2 Å². The summed E-state index contributed by atoms with van der Waals surface area (Å²) in [5.74, 6) is -0.344. The van der Waals surface area contributed by atoms with Crippen molar-refractivity contribution in [2.75, 3.05) is 24.1 Å². The third-order valence-electron chi connectivity index (χ3n) is 5.33. The van der Waals surface area contributed by atoms with E-state index in [1.807, 2.05) is 18.2 Å². The van der Waals surface area contributed by atoms with Gasteiger partial charge in [0.2, 0.25) is 10.0 Å². The third kappa shape index (κ3) is 6.82. The fourth-order valence-electron chi connectivity index (χ4n) is 3.76. The van der Waals surface area contributed by atoms with Crippen molar-refractivity contribution in [3.8, 4) is 0 Å². The summed E-state index contributed by atoms with van der Waals surface area (Å²) < 4.78 is 30.4. The van der Waals surface area contributed by atoms with Crippen LogP contribution in [-0.2, 0) is 26.0 Å². The number of sulfonamides is 1. The minimum atomic E-state index is -3.46. The van der Waals surface area contributed by atoms with Crippen molar-refractivity contribution in [2.24, 2.45) is 5.92 Å². The first-order chi connectivity index (χ1) is 14.7. The molecule has 0 radical (unpaired) electrons. The van der Waals surface area contributed by atoms with Gasteiger partial charge in [-0.2, -0.15) is 0 Å². The van der Waals surface area contributed by atoms with E-state index >= 15 is 0 Å². The van der Waals surface area contributed by atoms with E-state index in [2.05, 4.69) is 16.9 Å². The number of nitrogens with one attached hydrogen (secondary N) is 1. The van der Waals surface area contributed by atoms with Gasteiger partial charge in [0.25, 0.3) is 5.91 Å². The van der Waals surface area contributed by atoms with Crippen molar-refractivity contribution in [1.82, 2.24) is 4.90 Å². The fraction of sp³-hybridized carbons (Fsp3) is 0.391. The van der Waals surface area contributed by atoms with E-state index in [1.54, 1.807) is 17.9 Å². The molecule has 31 heavy (non-hydrogen) atoms. The van der Waals surface area contributed by atoms with Gasteiger partial charge in [0.1, 0.15) is 0 Å². The minimum absolute atomic E-state index is 0.176. The highest BCUT2D eigenvalue weighted by molar-refractivity contribution is 7.92. The second-order valence-electron chi connectivity index (χ2n) is 7.96. The van der Waals surface area contributed by atoms with Crippen molar-refractivity contribution < 1.29 is 22.7 Å². The van der Waals surface area contributed by atoms with E-state index in [9.17, 15) is 18.0 Å². The molecule has 2 aromatic rings. The first kappa shape index (κ1) is 22.8. The molecular formula is C23H28N2O5S. The number of benzene rings is 2. The lowest BCUT2D eigenvalue weighted by molar-refractivity contribution is -0.141. The van der Waals surface area contributed by atoms with Crippen LogP contribution in [0.2, 0.25) is 0 Å². The second kappa shape index (κ2) is 9.96. The number of carbonyl (C=O) groups excluding carboxylic acids is 2. The van der Waals surface area contributed by atoms with Crippen LogP contribution in [0.5, 0.6) is 0 Å². The molecule has 0 bridgehead atoms. The Morgan fingerprint density at radius 2 is 1.77 bits per heavy atom. The molecule has 3 rings (SSSR count). The maximum Gasteiger partial charge on any atom is 0.338 e. The monoisotopic (exact) mass is 444 g/mol. The molecule has 7 nitrogen and oxygen atoms in total. The Morgan fingerprint density at radius 1 is 1.10 bits per heavy atom. The van der Waals surface area contributed by atoms with Gasteiger partial charge < -0.3 is 9.64 Å². The van der Waals surface area contributed by atoms with Gasteiger partial charge >= 0.3 is 5.97 Å². The molecule has 0 spiro atoms. The van der Waals surface area contributed by atoms with E-state index in [1.165, 1.54) is 23.8 Å². The molecule has 1 saturated heterocycles. The fourth-order valence-corrected chi connectivity index (χ4v) is 4.32. The Hall–Kier alpha value is -2.87. The Kier molecular flexibility index (Phi) is 7.33. The molecule has 0 aliphatic carbocycles. The zero-order valence-electron chi connectivity index (χ0n) is 17.8. The van der Waals surface area contributed by atoms with Gasteiger partial charge in [-0.05, 0) is 55.9 Å². The predicted molar refractivity (Wildman–Crippen MR) is 119 cm³/mol. The number of carbonyl (C=O) groups is 2. The molecule has 166 valence electrons. The van der Waals surface area contributed by atoms with Crippen molar-refractivity contribution in [2.45, 2.75) is 32.3 Å². The molecule has 1 amide bonds. The average molecular weight is 445 g/mol. The van der Waals surface area contributed by atoms with E-state index in [4.69, 9.17) is 4.74 Å². The van der Waals surface area contributed by atoms with Gasteiger partial charge in [0.05, 0.1) is 11.8 Å². The second-order valence-corrected chi connectivity index (χ2v) is 9.71. The van der Waals surface area contributed by atoms with Gasteiger partial charge in [-0.15, -0.1) is 0 Å². The zero-order valence-corrected chi connectivity index (χ0v) is 18.6. The number of rotatable bonds is 7. The lowest BCUT2D eigenvalue weighted by atomic mass is 9.90. The maximum absolute atomic E-state index is 12.7. The Balaban J connectivity index is 1.51. The lowest BCUT2D eigenvalue weighted by Gasteiger charge is -2.33. The van der Waals surface area contributed by atoms with Crippen molar-refractivity contribution in [1.29, 1.82) is 0 Å². The minimum Gasteiger partial charge on any atom is -0.449 e. The highest BCUT2D eigenvalue weighted by atomic mass is 32.2. The topological polar surface area (TPSA) is 92.8 Å². The van der Waals surface area contributed by atoms with Gasteiger partial charge in [0, 0.05) is 18.8 Å². The van der Waals surface area contributed by atoms with E-state index < -0.39 is 22.1 Å². The molecule has 1 aliphatic heterocycles. The SMILES string of the molecule is C[C@H](OC(=O)c1cccc(NS(C)(=O)=O)c1)C(=O)N1CCC(Cc2ccccc2)CC1. The number of amides is 1. The van der Waals surface area contributed by atoms with Gasteiger partial charge in [0.15, 0.2) is 6.10 Å². The zero-order chi connectivity index (χ0) is 22.4. The number of nitrogens with zero attached hydrogens (tertiary/aromatic N) is 1. The van der Waals surface area contributed by atoms with Crippen LogP contribution in [0.4, 0.5) is 5.69 Å². The van der Waals surface area contributed by atoms with E-state index in [0.29, 0.717) is 19.0 Å². The number of piperidine rings is 1. The molecular weight excluding hydrogens is 416 g/mol. The van der Waals surface area contributed by atoms with Crippen molar-refractivity contribution >= 4 is 27.6 Å². The van der Waals surface area contributed by atoms with Gasteiger partial charge in [-0.3, -0.25) is 9.52 Å². The summed E-state index contributed by atoms with van der Waals surface area (Å²) in [5, 5.41) is 0. The first-order valence-corrected chi connectivity index (χ1v) is 12.2. The number of hydrogen-bond donors (Lipinski definition) is 1. The van der Waals surface area contributed by atoms with Crippen molar-refractivity contribution in [3.05, 3.63) is 65.7 Å². The summed E-state index contributed by atoms with van der Waals surface area (Å²) in [5.41, 5.74) is 1.74. The van der Waals surface area contributed by atoms with E-state index in [0.717, 1.165) is 25.5 Å². The summed E-state index contributed by atoms with van der Waals surface area (Å²) >= 11 is 0. The standard InChI is InChI=1S/C23H28N2O5S/c1-17(30-23(27)20-9-6-10-21(16-20)24-31(2,28)29)22(26)25-13-11-19(12-14-25)15-18-7-4-3-5-8-18/h3-10,16-17,19,24H,11-15H2,1-2H3/t17-/m0/s1. The molecule has 8 heteroatoms. The largest absolute Gasteiger partial charge is 0.449 e. The highest BCUT2D eigenvalue weighted by Gasteiger charge is 2.28. The Morgan fingerprint density at radius 3 is 2.42 bits per heavy atom. The predicted octanol–water partition coefficient (Wildman–Crippen LogP) is 3.08. The van der Waals surface area contributed by atoms with Crippen molar-refractivity contribution in [3.63, 3.8) is 0 Å². The maximum atomic E-state index is 12.7. The van der Waals surface area contributed by atoms with Crippen LogP contribution in [0.25, 0.3) is 0 Å². The summed E-state index contributed by atoms with van der Waals surface area (Å²) in [6.45, 7) is 2.85. The van der Waals surface area contributed by atoms with Crippen LogP contribution < -0.4 is 4.72 Å². The Labute approximate surface area is 183 Å². The Bertz CT molecular complexity index is 1020. The van der Waals surface area contributed by atoms with Crippen LogP contribution in [0, 0.1) is 5.92 Å². The molecule has 0 aromatic heterocycles. The third-order valence-corrected chi connectivity index (χ3v) is 5.93. The molecule has 1 atom stereocenters. The summed E-state index contributed by atoms with van der Waals surface area (Å²) in [6, 6.07) is 16.3. The van der Waals surface area contributed by atoms with Crippen LogP contribution in [0.3, 0.4) is 0 Å². The van der Waals surface area contributed by atoms with Crippen LogP contribution in [-0.4, -0.2) is 50.6 Å². The van der Waals surface area contributed by atoms with Crippen LogP contribution in [0.1, 0.15) is 35.7 Å². The molecule has 0 unspecified atom stereocenters. The van der Waals surface area contributed by atoms with Crippen LogP contribution >= 0.6 is 0 Å². The first-order valence-electron chi connectivity index (χ1n) is 10.3. The lowest BCUT2D eigenvalue weighted by Crippen LogP contribution is -2.44. The number of ether oxygens (including phenoxy) is 1. The van der Waals surface area contributed by atoms with E-state index in [-0.39, 0.29) is 17.2 Å². The molecule has 1 N–H and O–H groups in total. The molecule has 0 saturated carbocycles. The molecule has 1 aliphatic rings. The molecule has 2 aromatic carbocycles. The average Bonchev–Trinajstić information content (AvgIpc) is 2.73. The molecule has 1 heterocycles. The molecule has 1 fully saturated rings. The summed E-state index contributed by atoms with van der Waals surface area (Å²) in [4.78, 5) is 26.9. The quantitative estimate of drug-likeness (QED) is 0.663. The number of likely N-dealkylation sites (tertiary alicyclic amines) is 1. The van der Waals surface area contributed by atoms with Crippen LogP contribution in [0.15, 0.2) is 54.6 Å². The number of esters is 1. The smallest absolute Gasteiger partial charge is 0.338 e. The normalized spacial score (nSPS) is 15.9. The number of anilines is 1.